The number of aliphatic carboxylic acids is 1. The van der Waals surface area contributed by atoms with Gasteiger partial charge in [-0.1, -0.05) is 0 Å². The van der Waals surface area contributed by atoms with E-state index >= 15 is 0 Å². The molecular weight excluding hydrogens is 250 g/mol. The number of carbonyl (C=O) groups excluding carboxylic acids is 1. The summed E-state index contributed by atoms with van der Waals surface area (Å²) < 4.78 is 0. The fourth-order valence-corrected chi connectivity index (χ4v) is 2.18. The predicted molar refractivity (Wildman–Crippen MR) is 72.6 cm³/mol. The van der Waals surface area contributed by atoms with Crippen molar-refractivity contribution < 1.29 is 14.7 Å². The molecule has 5 heteroatoms. The number of hydrogen-bond donors (Lipinski definition) is 1. The molecule has 4 nitrogen and oxygen atoms in total. The summed E-state index contributed by atoms with van der Waals surface area (Å²) in [5, 5.41) is 8.50. The summed E-state index contributed by atoms with van der Waals surface area (Å²) in [7, 11) is 1.67. The average Bonchev–Trinajstić information content (AvgIpc) is 2.71. The lowest BCUT2D eigenvalue weighted by atomic mass is 10.3. The molecule has 0 bridgehead atoms. The van der Waals surface area contributed by atoms with Crippen molar-refractivity contribution in [3.63, 3.8) is 0 Å². The van der Waals surface area contributed by atoms with Crippen LogP contribution in [0.3, 0.4) is 0 Å². The van der Waals surface area contributed by atoms with E-state index in [0.717, 1.165) is 4.88 Å². The van der Waals surface area contributed by atoms with Gasteiger partial charge in [0.1, 0.15) is 0 Å². The van der Waals surface area contributed by atoms with Crippen LogP contribution in [0.2, 0.25) is 0 Å². The molecule has 1 aromatic heterocycles. The van der Waals surface area contributed by atoms with Gasteiger partial charge in [0.15, 0.2) is 0 Å². The molecule has 0 aliphatic heterocycles. The Kier molecular flexibility index (Phi) is 5.58. The Balaban J connectivity index is 2.39. The highest BCUT2D eigenvalue weighted by Crippen LogP contribution is 2.16. The van der Waals surface area contributed by atoms with Crippen molar-refractivity contribution in [3.8, 4) is 0 Å². The third-order valence-electron chi connectivity index (χ3n) is 2.41. The number of rotatable bonds is 6. The summed E-state index contributed by atoms with van der Waals surface area (Å²) in [6, 6.07) is 3.97. The summed E-state index contributed by atoms with van der Waals surface area (Å²) in [6.07, 6.45) is 3.87. The maximum Gasteiger partial charge on any atom is 0.303 e. The Labute approximate surface area is 111 Å². The number of carboxylic acids is 1. The molecule has 0 saturated heterocycles. The number of aryl methyl sites for hydroxylation is 1. The van der Waals surface area contributed by atoms with Gasteiger partial charge in [0, 0.05) is 35.8 Å². The van der Waals surface area contributed by atoms with Gasteiger partial charge in [-0.25, -0.2) is 0 Å². The van der Waals surface area contributed by atoms with Crippen molar-refractivity contribution in [1.29, 1.82) is 0 Å². The molecule has 0 saturated carbocycles. The Hall–Kier alpha value is -1.62. The van der Waals surface area contributed by atoms with Crippen molar-refractivity contribution in [3.05, 3.63) is 28.0 Å². The van der Waals surface area contributed by atoms with Crippen LogP contribution < -0.4 is 0 Å². The Morgan fingerprint density at radius 3 is 2.72 bits per heavy atom. The van der Waals surface area contributed by atoms with Crippen LogP contribution in [-0.2, 0) is 9.59 Å². The second-order valence-electron chi connectivity index (χ2n) is 4.04. The largest absolute Gasteiger partial charge is 0.481 e. The number of likely N-dealkylation sites (N-methyl/N-ethyl adjacent to an activating group) is 1. The maximum atomic E-state index is 11.7. The van der Waals surface area contributed by atoms with E-state index in [0.29, 0.717) is 13.0 Å². The van der Waals surface area contributed by atoms with Crippen LogP contribution in [0, 0.1) is 6.92 Å². The minimum Gasteiger partial charge on any atom is -0.481 e. The fourth-order valence-electron chi connectivity index (χ4n) is 1.40. The zero-order valence-corrected chi connectivity index (χ0v) is 11.4. The SMILES string of the molecule is Cc1ccc(/C=C/C(=O)N(C)CCCC(=O)O)s1. The van der Waals surface area contributed by atoms with E-state index in [-0.39, 0.29) is 12.3 Å². The standard InChI is InChI=1S/C13H17NO3S/c1-10-5-6-11(18-10)7-8-12(15)14(2)9-3-4-13(16)17/h5-8H,3-4,9H2,1-2H3,(H,16,17)/b8-7+. The van der Waals surface area contributed by atoms with Gasteiger partial charge in [-0.3, -0.25) is 9.59 Å². The van der Waals surface area contributed by atoms with Crippen LogP contribution in [0.4, 0.5) is 0 Å². The number of thiophene rings is 1. The second-order valence-corrected chi connectivity index (χ2v) is 5.36. The van der Waals surface area contributed by atoms with Crippen LogP contribution in [-0.4, -0.2) is 35.5 Å². The van der Waals surface area contributed by atoms with Crippen LogP contribution >= 0.6 is 11.3 Å². The average molecular weight is 267 g/mol. The lowest BCUT2D eigenvalue weighted by molar-refractivity contribution is -0.137. The Morgan fingerprint density at radius 2 is 2.17 bits per heavy atom. The fraction of sp³-hybridized carbons (Fsp3) is 0.385. The molecule has 1 amide bonds. The molecular formula is C13H17NO3S. The monoisotopic (exact) mass is 267 g/mol. The minimum atomic E-state index is -0.833. The smallest absolute Gasteiger partial charge is 0.303 e. The van der Waals surface area contributed by atoms with Gasteiger partial charge in [0.2, 0.25) is 5.91 Å². The molecule has 0 fully saturated rings. The van der Waals surface area contributed by atoms with E-state index < -0.39 is 5.97 Å². The molecule has 0 aliphatic rings. The van der Waals surface area contributed by atoms with E-state index in [4.69, 9.17) is 5.11 Å². The molecule has 0 unspecified atom stereocenters. The van der Waals surface area contributed by atoms with Crippen molar-refractivity contribution in [1.82, 2.24) is 4.90 Å². The highest BCUT2D eigenvalue weighted by Gasteiger charge is 2.05. The summed E-state index contributed by atoms with van der Waals surface area (Å²) in [5.41, 5.74) is 0. The summed E-state index contributed by atoms with van der Waals surface area (Å²) in [6.45, 7) is 2.47. The first kappa shape index (κ1) is 14.4. The van der Waals surface area contributed by atoms with Gasteiger partial charge in [0.25, 0.3) is 0 Å². The van der Waals surface area contributed by atoms with E-state index in [9.17, 15) is 9.59 Å². The molecule has 0 aliphatic carbocycles. The van der Waals surface area contributed by atoms with Crippen molar-refractivity contribution >= 4 is 29.3 Å². The van der Waals surface area contributed by atoms with Gasteiger partial charge < -0.3 is 10.0 Å². The van der Waals surface area contributed by atoms with Crippen molar-refractivity contribution in [2.75, 3.05) is 13.6 Å². The Bertz CT molecular complexity index is 451. The first-order chi connectivity index (χ1) is 8.49. The highest BCUT2D eigenvalue weighted by atomic mass is 32.1. The molecule has 1 heterocycles. The summed E-state index contributed by atoms with van der Waals surface area (Å²) >= 11 is 1.63. The lowest BCUT2D eigenvalue weighted by Gasteiger charge is -2.13. The molecule has 1 rings (SSSR count). The minimum absolute atomic E-state index is 0.0887. The van der Waals surface area contributed by atoms with Crippen molar-refractivity contribution in [2.45, 2.75) is 19.8 Å². The van der Waals surface area contributed by atoms with Gasteiger partial charge in [-0.15, -0.1) is 11.3 Å². The summed E-state index contributed by atoms with van der Waals surface area (Å²) in [5.74, 6) is -0.938. The molecule has 18 heavy (non-hydrogen) atoms. The van der Waals surface area contributed by atoms with E-state index in [1.54, 1.807) is 24.5 Å². The third-order valence-corrected chi connectivity index (χ3v) is 3.38. The number of carboxylic acid groups (broad SMARTS) is 1. The van der Waals surface area contributed by atoms with Crippen molar-refractivity contribution in [2.24, 2.45) is 0 Å². The van der Waals surface area contributed by atoms with Gasteiger partial charge in [-0.05, 0) is 31.6 Å². The summed E-state index contributed by atoms with van der Waals surface area (Å²) in [4.78, 5) is 25.8. The van der Waals surface area contributed by atoms with Crippen LogP contribution in [0.15, 0.2) is 18.2 Å². The van der Waals surface area contributed by atoms with Gasteiger partial charge >= 0.3 is 5.97 Å². The van der Waals surface area contributed by atoms with Crippen LogP contribution in [0.1, 0.15) is 22.6 Å². The molecule has 1 aromatic rings. The first-order valence-electron chi connectivity index (χ1n) is 5.70. The first-order valence-corrected chi connectivity index (χ1v) is 6.52. The van der Waals surface area contributed by atoms with Crippen LogP contribution in [0.25, 0.3) is 6.08 Å². The predicted octanol–water partition coefficient (Wildman–Crippen LogP) is 2.39. The quantitative estimate of drug-likeness (QED) is 0.805. The number of nitrogens with zero attached hydrogens (tertiary/aromatic N) is 1. The number of amides is 1. The van der Waals surface area contributed by atoms with Gasteiger partial charge in [-0.2, -0.15) is 0 Å². The molecule has 1 N–H and O–H groups in total. The van der Waals surface area contributed by atoms with Crippen LogP contribution in [0.5, 0.6) is 0 Å². The molecule has 98 valence electrons. The second kappa shape index (κ2) is 6.96. The maximum absolute atomic E-state index is 11.7. The topological polar surface area (TPSA) is 57.6 Å². The number of carbonyl (C=O) groups is 2. The zero-order chi connectivity index (χ0) is 13.5. The molecule has 0 radical (unpaired) electrons. The highest BCUT2D eigenvalue weighted by molar-refractivity contribution is 7.12. The van der Waals surface area contributed by atoms with Gasteiger partial charge in [0.05, 0.1) is 0 Å². The third kappa shape index (κ3) is 5.14. The van der Waals surface area contributed by atoms with E-state index in [2.05, 4.69) is 0 Å². The zero-order valence-electron chi connectivity index (χ0n) is 10.5. The molecule has 0 atom stereocenters. The lowest BCUT2D eigenvalue weighted by Crippen LogP contribution is -2.26. The molecule has 0 aromatic carbocycles. The van der Waals surface area contributed by atoms with E-state index in [1.165, 1.54) is 15.9 Å². The normalized spacial score (nSPS) is 10.8. The number of hydrogen-bond acceptors (Lipinski definition) is 3. The van der Waals surface area contributed by atoms with E-state index in [1.807, 2.05) is 19.1 Å². The molecule has 0 spiro atoms. The Morgan fingerprint density at radius 1 is 1.44 bits per heavy atom.